The molecule has 4 fully saturated rings. The number of ether oxygens (including phenoxy) is 4. The van der Waals surface area contributed by atoms with Crippen molar-refractivity contribution in [1.82, 2.24) is 0 Å². The van der Waals surface area contributed by atoms with Crippen LogP contribution in [0.3, 0.4) is 0 Å². The monoisotopic (exact) mass is 430 g/mol. The van der Waals surface area contributed by atoms with Crippen molar-refractivity contribution in [1.29, 1.82) is 0 Å². The van der Waals surface area contributed by atoms with Gasteiger partial charge >= 0.3 is 0 Å². The number of fused-ring (bicyclic) bond motifs is 6. The van der Waals surface area contributed by atoms with Gasteiger partial charge in [-0.05, 0) is 62.9 Å². The first-order valence-corrected chi connectivity index (χ1v) is 12.8. The lowest BCUT2D eigenvalue weighted by Gasteiger charge is -2.40. The molecule has 5 heteroatoms. The maximum Gasteiger partial charge on any atom is 0.203 e. The molecule has 0 aromatic rings. The molecule has 2 aliphatic carbocycles. The molecule has 5 aliphatic rings. The van der Waals surface area contributed by atoms with E-state index in [0.717, 1.165) is 58.2 Å². The molecule has 0 spiro atoms. The summed E-state index contributed by atoms with van der Waals surface area (Å²) >= 11 is 0. The highest BCUT2D eigenvalue weighted by molar-refractivity contribution is 6.00. The third-order valence-electron chi connectivity index (χ3n) is 7.95. The lowest BCUT2D eigenvalue weighted by atomic mass is 9.73. The molecule has 1 saturated carbocycles. The van der Waals surface area contributed by atoms with Gasteiger partial charge in [0.25, 0.3) is 0 Å². The minimum Gasteiger partial charge on any atom is -0.461 e. The Morgan fingerprint density at radius 2 is 1.97 bits per heavy atom. The molecule has 0 N–H and O–H groups in total. The molecular formula is C26H38O5. The third-order valence-corrected chi connectivity index (χ3v) is 7.95. The maximum absolute atomic E-state index is 13.1. The fourth-order valence-corrected chi connectivity index (χ4v) is 6.41. The second kappa shape index (κ2) is 9.76. The van der Waals surface area contributed by atoms with Crippen LogP contribution in [-0.2, 0) is 23.7 Å². The summed E-state index contributed by atoms with van der Waals surface area (Å²) in [7, 11) is 0. The van der Waals surface area contributed by atoms with E-state index in [1.807, 2.05) is 0 Å². The van der Waals surface area contributed by atoms with Gasteiger partial charge in [-0.2, -0.15) is 0 Å². The van der Waals surface area contributed by atoms with Crippen molar-refractivity contribution in [3.8, 4) is 0 Å². The van der Waals surface area contributed by atoms with Crippen molar-refractivity contribution in [3.05, 3.63) is 23.5 Å². The lowest BCUT2D eigenvalue weighted by Crippen LogP contribution is -2.45. The van der Waals surface area contributed by atoms with Crippen LogP contribution in [0, 0.1) is 23.7 Å². The Labute approximate surface area is 186 Å². The third kappa shape index (κ3) is 4.38. The fourth-order valence-electron chi connectivity index (χ4n) is 6.41. The van der Waals surface area contributed by atoms with Gasteiger partial charge in [-0.1, -0.05) is 38.3 Å². The molecule has 31 heavy (non-hydrogen) atoms. The van der Waals surface area contributed by atoms with Crippen LogP contribution in [-0.4, -0.2) is 37.7 Å². The predicted octanol–water partition coefficient (Wildman–Crippen LogP) is 5.30. The van der Waals surface area contributed by atoms with Crippen molar-refractivity contribution in [3.63, 3.8) is 0 Å². The molecule has 7 atom stereocenters. The quantitative estimate of drug-likeness (QED) is 0.386. The van der Waals surface area contributed by atoms with E-state index in [0.29, 0.717) is 17.6 Å². The van der Waals surface area contributed by atoms with E-state index in [2.05, 4.69) is 19.1 Å². The molecule has 5 rings (SSSR count). The fraction of sp³-hybridized carbons (Fsp3) is 0.808. The van der Waals surface area contributed by atoms with Gasteiger partial charge in [-0.15, -0.1) is 0 Å². The van der Waals surface area contributed by atoms with Crippen LogP contribution < -0.4 is 0 Å². The molecule has 0 radical (unpaired) electrons. The first kappa shape index (κ1) is 21.7. The molecule has 0 amide bonds. The van der Waals surface area contributed by atoms with Gasteiger partial charge in [0.15, 0.2) is 12.0 Å². The van der Waals surface area contributed by atoms with Crippen molar-refractivity contribution in [2.24, 2.45) is 23.7 Å². The molecule has 3 unspecified atom stereocenters. The largest absolute Gasteiger partial charge is 0.461 e. The molecular weight excluding hydrogens is 392 g/mol. The number of ketones is 1. The van der Waals surface area contributed by atoms with Gasteiger partial charge in [0.1, 0.15) is 0 Å². The second-order valence-corrected chi connectivity index (χ2v) is 9.99. The number of carbonyl (C=O) groups is 1. The number of hydrogen-bond acceptors (Lipinski definition) is 5. The van der Waals surface area contributed by atoms with Gasteiger partial charge in [0.05, 0.1) is 12.7 Å². The Hall–Kier alpha value is -1.17. The van der Waals surface area contributed by atoms with Crippen molar-refractivity contribution >= 4 is 5.78 Å². The smallest absolute Gasteiger partial charge is 0.203 e. The van der Waals surface area contributed by atoms with E-state index < -0.39 is 0 Å². The highest BCUT2D eigenvalue weighted by atomic mass is 16.7. The molecule has 2 bridgehead atoms. The minimum atomic E-state index is -0.206. The zero-order valence-electron chi connectivity index (χ0n) is 18.9. The van der Waals surface area contributed by atoms with E-state index >= 15 is 0 Å². The highest BCUT2D eigenvalue weighted by Gasteiger charge is 2.58. The van der Waals surface area contributed by atoms with Gasteiger partial charge in [0, 0.05) is 24.4 Å². The van der Waals surface area contributed by atoms with E-state index in [9.17, 15) is 4.79 Å². The van der Waals surface area contributed by atoms with Crippen LogP contribution in [0.4, 0.5) is 0 Å². The zero-order valence-corrected chi connectivity index (χ0v) is 18.9. The van der Waals surface area contributed by atoms with E-state index in [4.69, 9.17) is 18.9 Å². The van der Waals surface area contributed by atoms with Gasteiger partial charge in [0.2, 0.25) is 12.1 Å². The lowest BCUT2D eigenvalue weighted by molar-refractivity contribution is -0.202. The van der Waals surface area contributed by atoms with E-state index in [1.54, 1.807) is 0 Å². The van der Waals surface area contributed by atoms with E-state index in [-0.39, 0.29) is 36.3 Å². The first-order valence-electron chi connectivity index (χ1n) is 12.8. The molecule has 172 valence electrons. The summed E-state index contributed by atoms with van der Waals surface area (Å²) in [5.41, 5.74) is 1.27. The topological polar surface area (TPSA) is 54.0 Å². The summed E-state index contributed by atoms with van der Waals surface area (Å²) in [4.78, 5) is 13.1. The van der Waals surface area contributed by atoms with Gasteiger partial charge in [-0.25, -0.2) is 0 Å². The molecule has 0 aromatic carbocycles. The number of hydrogen-bond donors (Lipinski definition) is 0. The molecule has 0 aromatic heterocycles. The second-order valence-electron chi connectivity index (χ2n) is 9.99. The summed E-state index contributed by atoms with van der Waals surface area (Å²) in [6, 6.07) is 0. The average molecular weight is 431 g/mol. The SMILES string of the molecule is CCCCC[C@@H](C=C[C@@H]1CCC2=C3OC4OCCCC4[C@@H](C3=O)[C@H]21)OC1CCCCO1. The number of allylic oxidation sites excluding steroid dienone is 3. The summed E-state index contributed by atoms with van der Waals surface area (Å²) in [6.45, 7) is 3.80. The van der Waals surface area contributed by atoms with Gasteiger partial charge in [-0.3, -0.25) is 4.79 Å². The van der Waals surface area contributed by atoms with Crippen LogP contribution in [0.2, 0.25) is 0 Å². The maximum atomic E-state index is 13.1. The molecule has 3 heterocycles. The van der Waals surface area contributed by atoms with Crippen LogP contribution in [0.5, 0.6) is 0 Å². The summed E-state index contributed by atoms with van der Waals surface area (Å²) < 4.78 is 24.2. The van der Waals surface area contributed by atoms with Crippen molar-refractivity contribution in [2.45, 2.75) is 96.2 Å². The minimum absolute atomic E-state index is 0.0577. The number of unbranched alkanes of at least 4 members (excludes halogenated alkanes) is 2. The van der Waals surface area contributed by atoms with Gasteiger partial charge < -0.3 is 18.9 Å². The van der Waals surface area contributed by atoms with Crippen molar-refractivity contribution < 1.29 is 23.7 Å². The Bertz CT molecular complexity index is 707. The number of carbonyl (C=O) groups excluding carboxylic acids is 1. The van der Waals surface area contributed by atoms with Crippen LogP contribution in [0.25, 0.3) is 0 Å². The zero-order chi connectivity index (χ0) is 21.2. The number of Topliss-reactive ketones (excluding diaryl/α,β-unsaturated/α-hetero) is 1. The Balaban J connectivity index is 1.29. The predicted molar refractivity (Wildman–Crippen MR) is 117 cm³/mol. The standard InChI is InChI=1S/C26H38O5/c1-2-3-4-8-18(30-21-10-5-6-15-28-21)13-11-17-12-14-19-22(17)23-20-9-7-16-29-26(20)31-25(19)24(23)27/h11,13,17-18,20-23,26H,2-10,12,14-16H2,1H3/t17-,18+,20?,21?,22+,23-,26?/m1/s1. The average Bonchev–Trinajstić information content (AvgIpc) is 3.27. The summed E-state index contributed by atoms with van der Waals surface area (Å²) in [5, 5.41) is 0. The Morgan fingerprint density at radius 1 is 1.06 bits per heavy atom. The number of rotatable bonds is 8. The summed E-state index contributed by atoms with van der Waals surface area (Å²) in [6.07, 6.45) is 16.6. The Kier molecular flexibility index (Phi) is 6.82. The highest BCUT2D eigenvalue weighted by Crippen LogP contribution is 2.56. The molecule has 3 saturated heterocycles. The van der Waals surface area contributed by atoms with E-state index in [1.165, 1.54) is 31.3 Å². The molecule has 3 aliphatic heterocycles. The van der Waals surface area contributed by atoms with Crippen LogP contribution in [0.15, 0.2) is 23.5 Å². The van der Waals surface area contributed by atoms with Crippen LogP contribution >= 0.6 is 0 Å². The normalized spacial score (nSPS) is 38.3. The first-order chi connectivity index (χ1) is 15.3. The summed E-state index contributed by atoms with van der Waals surface area (Å²) in [5.74, 6) is 1.88. The Morgan fingerprint density at radius 3 is 2.81 bits per heavy atom. The van der Waals surface area contributed by atoms with Crippen molar-refractivity contribution in [2.75, 3.05) is 13.2 Å². The van der Waals surface area contributed by atoms with Crippen LogP contribution in [0.1, 0.15) is 77.6 Å². The molecule has 5 nitrogen and oxygen atoms in total.